The molecule has 0 fully saturated rings. The number of hydrogen-bond donors (Lipinski definition) is 1. The van der Waals surface area contributed by atoms with Gasteiger partial charge in [-0.1, -0.05) is 62.4 Å². The molecule has 0 radical (unpaired) electrons. The van der Waals surface area contributed by atoms with Crippen molar-refractivity contribution in [2.75, 3.05) is 11.2 Å². The molecule has 0 aliphatic carbocycles. The minimum atomic E-state index is 0.208. The van der Waals surface area contributed by atoms with E-state index in [-0.39, 0.29) is 5.41 Å². The molecule has 3 rings (SSSR count). The van der Waals surface area contributed by atoms with Crippen molar-refractivity contribution in [3.8, 4) is 11.4 Å². The predicted octanol–water partition coefficient (Wildman–Crippen LogP) is 3.32. The highest BCUT2D eigenvalue weighted by Crippen LogP contribution is 2.32. The van der Waals surface area contributed by atoms with Gasteiger partial charge in [0.15, 0.2) is 5.82 Å². The van der Waals surface area contributed by atoms with E-state index in [0.29, 0.717) is 6.04 Å². The number of aromatic nitrogens is 3. The third kappa shape index (κ3) is 2.42. The van der Waals surface area contributed by atoms with Crippen LogP contribution in [0.2, 0.25) is 0 Å². The average Bonchev–Trinajstić information content (AvgIpc) is 2.81. The normalized spacial score (nSPS) is 18.5. The van der Waals surface area contributed by atoms with Crippen LogP contribution in [0.25, 0.3) is 11.4 Å². The van der Waals surface area contributed by atoms with Gasteiger partial charge in [-0.3, -0.25) is 0 Å². The summed E-state index contributed by atoms with van der Waals surface area (Å²) in [5.41, 5.74) is 6.12. The lowest BCUT2D eigenvalue weighted by atomic mass is 9.88. The fourth-order valence-electron chi connectivity index (χ4n) is 2.16. The zero-order valence-corrected chi connectivity index (χ0v) is 13.2. The molecule has 4 nitrogen and oxygen atoms in total. The summed E-state index contributed by atoms with van der Waals surface area (Å²) >= 11 is 1.77. The second-order valence-electron chi connectivity index (χ2n) is 6.37. The summed E-state index contributed by atoms with van der Waals surface area (Å²) < 4.78 is 2.04. The highest BCUT2D eigenvalue weighted by Gasteiger charge is 2.31. The van der Waals surface area contributed by atoms with Crippen LogP contribution in [0.1, 0.15) is 26.3 Å². The Bertz CT molecular complexity index is 610. The predicted molar refractivity (Wildman–Crippen MR) is 83.5 cm³/mol. The molecule has 1 aliphatic heterocycles. The van der Waals surface area contributed by atoms with Crippen molar-refractivity contribution in [2.45, 2.75) is 38.9 Å². The van der Waals surface area contributed by atoms with Crippen LogP contribution in [-0.2, 0) is 0 Å². The van der Waals surface area contributed by atoms with Gasteiger partial charge in [0, 0.05) is 11.3 Å². The topological polar surface area (TPSA) is 42.7 Å². The van der Waals surface area contributed by atoms with Gasteiger partial charge in [0.25, 0.3) is 0 Å². The van der Waals surface area contributed by atoms with Gasteiger partial charge < -0.3 is 5.43 Å². The van der Waals surface area contributed by atoms with E-state index >= 15 is 0 Å². The van der Waals surface area contributed by atoms with E-state index in [2.05, 4.69) is 67.6 Å². The fourth-order valence-corrected chi connectivity index (χ4v) is 3.42. The summed E-state index contributed by atoms with van der Waals surface area (Å²) in [4.78, 5) is 0. The van der Waals surface area contributed by atoms with Gasteiger partial charge in [-0.25, -0.2) is 4.68 Å². The molecule has 1 atom stereocenters. The number of nitrogens with zero attached hydrogens (tertiary/aromatic N) is 3. The highest BCUT2D eigenvalue weighted by atomic mass is 32.2. The van der Waals surface area contributed by atoms with Crippen molar-refractivity contribution in [1.29, 1.82) is 0 Å². The molecule has 2 aromatic rings. The maximum Gasteiger partial charge on any atom is 0.210 e. The number of benzene rings is 1. The summed E-state index contributed by atoms with van der Waals surface area (Å²) in [5.74, 6) is 1.91. The first-order chi connectivity index (χ1) is 9.45. The van der Waals surface area contributed by atoms with Gasteiger partial charge in [0.05, 0.1) is 6.04 Å². The van der Waals surface area contributed by atoms with Crippen LogP contribution in [0, 0.1) is 12.3 Å². The second-order valence-corrected chi connectivity index (χ2v) is 7.35. The minimum absolute atomic E-state index is 0.208. The third-order valence-corrected chi connectivity index (χ3v) is 4.67. The van der Waals surface area contributed by atoms with Crippen LogP contribution in [-0.4, -0.2) is 26.7 Å². The molecular weight excluding hydrogens is 268 g/mol. The maximum absolute atomic E-state index is 4.34. The molecule has 0 saturated heterocycles. The smallest absolute Gasteiger partial charge is 0.210 e. The molecule has 2 heterocycles. The molecule has 0 saturated carbocycles. The first-order valence-corrected chi connectivity index (χ1v) is 7.85. The highest BCUT2D eigenvalue weighted by molar-refractivity contribution is 7.99. The van der Waals surface area contributed by atoms with Gasteiger partial charge in [-0.2, -0.15) is 0 Å². The van der Waals surface area contributed by atoms with Crippen molar-refractivity contribution in [3.63, 3.8) is 0 Å². The zero-order chi connectivity index (χ0) is 14.3. The Morgan fingerprint density at radius 3 is 2.55 bits per heavy atom. The lowest BCUT2D eigenvalue weighted by Gasteiger charge is -2.35. The molecule has 0 bridgehead atoms. The molecule has 1 aliphatic rings. The van der Waals surface area contributed by atoms with E-state index in [1.165, 1.54) is 5.56 Å². The Labute approximate surface area is 124 Å². The van der Waals surface area contributed by atoms with E-state index in [1.807, 2.05) is 4.68 Å². The minimum Gasteiger partial charge on any atom is -0.318 e. The number of nitrogens with one attached hydrogen (secondary N) is 1. The number of thioether (sulfide) groups is 1. The molecule has 5 heteroatoms. The molecule has 1 N–H and O–H groups in total. The van der Waals surface area contributed by atoms with Crippen LogP contribution < -0.4 is 5.43 Å². The van der Waals surface area contributed by atoms with Crippen LogP contribution in [0.4, 0.5) is 0 Å². The number of rotatable bonds is 1. The number of aryl methyl sites for hydroxylation is 1. The second kappa shape index (κ2) is 4.81. The summed E-state index contributed by atoms with van der Waals surface area (Å²) in [6.45, 7) is 8.86. The van der Waals surface area contributed by atoms with E-state index < -0.39 is 0 Å². The van der Waals surface area contributed by atoms with Gasteiger partial charge in [0.2, 0.25) is 5.16 Å². The monoisotopic (exact) mass is 288 g/mol. The van der Waals surface area contributed by atoms with E-state index in [9.17, 15) is 0 Å². The Hall–Kier alpha value is -1.49. The summed E-state index contributed by atoms with van der Waals surface area (Å²) in [6.07, 6.45) is 0. The van der Waals surface area contributed by atoms with Gasteiger partial charge >= 0.3 is 0 Å². The lowest BCUT2D eigenvalue weighted by Crippen LogP contribution is -2.43. The molecule has 1 aromatic heterocycles. The van der Waals surface area contributed by atoms with E-state index in [0.717, 1.165) is 22.3 Å². The van der Waals surface area contributed by atoms with Crippen molar-refractivity contribution in [1.82, 2.24) is 14.9 Å². The van der Waals surface area contributed by atoms with Crippen molar-refractivity contribution >= 4 is 11.8 Å². The largest absolute Gasteiger partial charge is 0.318 e. The van der Waals surface area contributed by atoms with Crippen LogP contribution >= 0.6 is 11.8 Å². The van der Waals surface area contributed by atoms with E-state index in [4.69, 9.17) is 0 Å². The van der Waals surface area contributed by atoms with Crippen molar-refractivity contribution in [3.05, 3.63) is 29.8 Å². The maximum atomic E-state index is 4.34. The summed E-state index contributed by atoms with van der Waals surface area (Å²) in [7, 11) is 0. The number of hydrogen-bond acceptors (Lipinski definition) is 4. The van der Waals surface area contributed by atoms with Gasteiger partial charge in [0.1, 0.15) is 0 Å². The zero-order valence-electron chi connectivity index (χ0n) is 12.3. The van der Waals surface area contributed by atoms with Crippen LogP contribution in [0.3, 0.4) is 0 Å². The SMILES string of the molecule is Cc1ccc(-c2nnc3n2NC(C(C)(C)C)CS3)cc1. The van der Waals surface area contributed by atoms with E-state index in [1.54, 1.807) is 11.8 Å². The van der Waals surface area contributed by atoms with Crippen LogP contribution in [0.15, 0.2) is 29.4 Å². The lowest BCUT2D eigenvalue weighted by molar-refractivity contribution is 0.337. The molecule has 106 valence electrons. The molecule has 0 amide bonds. The average molecular weight is 288 g/mol. The van der Waals surface area contributed by atoms with Gasteiger partial charge in [-0.15, -0.1) is 10.2 Å². The quantitative estimate of drug-likeness (QED) is 0.874. The molecule has 20 heavy (non-hydrogen) atoms. The molecular formula is C15H20N4S. The first kappa shape index (κ1) is 13.5. The van der Waals surface area contributed by atoms with Gasteiger partial charge in [-0.05, 0) is 12.3 Å². The molecule has 0 spiro atoms. The first-order valence-electron chi connectivity index (χ1n) is 6.87. The third-order valence-electron chi connectivity index (χ3n) is 3.65. The molecule has 1 aromatic carbocycles. The molecule has 1 unspecified atom stereocenters. The Morgan fingerprint density at radius 1 is 1.20 bits per heavy atom. The number of fused-ring (bicyclic) bond motifs is 1. The fraction of sp³-hybridized carbons (Fsp3) is 0.467. The Morgan fingerprint density at radius 2 is 1.90 bits per heavy atom. The van der Waals surface area contributed by atoms with Crippen molar-refractivity contribution in [2.24, 2.45) is 5.41 Å². The summed E-state index contributed by atoms with van der Waals surface area (Å²) in [6, 6.07) is 8.81. The van der Waals surface area contributed by atoms with Crippen molar-refractivity contribution < 1.29 is 0 Å². The van der Waals surface area contributed by atoms with Crippen LogP contribution in [0.5, 0.6) is 0 Å². The standard InChI is InChI=1S/C15H20N4S/c1-10-5-7-11(8-6-10)13-16-17-14-19(13)18-12(9-20-14)15(2,3)4/h5-8,12,18H,9H2,1-4H3. The summed E-state index contributed by atoms with van der Waals surface area (Å²) in [5, 5.41) is 9.57. The Balaban J connectivity index is 1.97. The Kier molecular flexibility index (Phi) is 3.24.